The molecule has 102 valence electrons. The molecule has 1 N–H and O–H groups in total. The standard InChI is InChI=1S/C15H15N3O2/c1-11-13(9-16-10-14-17-7-8-19-14)18-15(20-11)12-5-3-2-4-6-12/h2-8,16H,9-10H2,1H3. The van der Waals surface area contributed by atoms with Crippen molar-refractivity contribution in [2.45, 2.75) is 20.0 Å². The van der Waals surface area contributed by atoms with Gasteiger partial charge in [-0.1, -0.05) is 18.2 Å². The molecule has 1 aromatic carbocycles. The summed E-state index contributed by atoms with van der Waals surface area (Å²) in [4.78, 5) is 8.57. The van der Waals surface area contributed by atoms with Crippen molar-refractivity contribution in [2.24, 2.45) is 0 Å². The van der Waals surface area contributed by atoms with E-state index in [9.17, 15) is 0 Å². The van der Waals surface area contributed by atoms with Crippen molar-refractivity contribution in [3.05, 3.63) is 60.1 Å². The van der Waals surface area contributed by atoms with Gasteiger partial charge in [0.25, 0.3) is 0 Å². The summed E-state index contributed by atoms with van der Waals surface area (Å²) >= 11 is 0. The predicted molar refractivity (Wildman–Crippen MR) is 73.7 cm³/mol. The fourth-order valence-corrected chi connectivity index (χ4v) is 1.92. The Morgan fingerprint density at radius 2 is 2.00 bits per heavy atom. The van der Waals surface area contributed by atoms with E-state index in [1.807, 2.05) is 37.3 Å². The Balaban J connectivity index is 1.67. The molecule has 0 bridgehead atoms. The lowest BCUT2D eigenvalue weighted by Gasteiger charge is -1.98. The third-order valence-electron chi connectivity index (χ3n) is 2.97. The zero-order valence-corrected chi connectivity index (χ0v) is 11.2. The third-order valence-corrected chi connectivity index (χ3v) is 2.97. The van der Waals surface area contributed by atoms with Crippen LogP contribution in [0.4, 0.5) is 0 Å². The van der Waals surface area contributed by atoms with Crippen molar-refractivity contribution in [1.29, 1.82) is 0 Å². The van der Waals surface area contributed by atoms with Gasteiger partial charge in [0, 0.05) is 12.1 Å². The highest BCUT2D eigenvalue weighted by Gasteiger charge is 2.10. The van der Waals surface area contributed by atoms with Gasteiger partial charge in [-0.05, 0) is 19.1 Å². The number of benzene rings is 1. The second kappa shape index (κ2) is 5.71. The lowest BCUT2D eigenvalue weighted by atomic mass is 10.2. The van der Waals surface area contributed by atoms with Crippen LogP contribution in [-0.2, 0) is 13.1 Å². The van der Waals surface area contributed by atoms with Crippen LogP contribution < -0.4 is 5.32 Å². The summed E-state index contributed by atoms with van der Waals surface area (Å²) in [7, 11) is 0. The maximum absolute atomic E-state index is 5.70. The summed E-state index contributed by atoms with van der Waals surface area (Å²) in [6, 6.07) is 9.87. The van der Waals surface area contributed by atoms with E-state index in [0.29, 0.717) is 24.9 Å². The average Bonchev–Trinajstić information content (AvgIpc) is 3.11. The zero-order valence-electron chi connectivity index (χ0n) is 11.2. The quantitative estimate of drug-likeness (QED) is 0.771. The summed E-state index contributed by atoms with van der Waals surface area (Å²) in [6.07, 6.45) is 3.19. The largest absolute Gasteiger partial charge is 0.448 e. The van der Waals surface area contributed by atoms with Crippen molar-refractivity contribution in [1.82, 2.24) is 15.3 Å². The lowest BCUT2D eigenvalue weighted by molar-refractivity contribution is 0.465. The molecule has 0 radical (unpaired) electrons. The molecule has 0 fully saturated rings. The molecule has 20 heavy (non-hydrogen) atoms. The zero-order chi connectivity index (χ0) is 13.8. The van der Waals surface area contributed by atoms with Gasteiger partial charge >= 0.3 is 0 Å². The number of aromatic nitrogens is 2. The molecule has 0 aliphatic rings. The Kier molecular flexibility index (Phi) is 3.60. The van der Waals surface area contributed by atoms with Gasteiger partial charge in [-0.2, -0.15) is 0 Å². The van der Waals surface area contributed by atoms with Crippen LogP contribution in [0.5, 0.6) is 0 Å². The molecule has 3 rings (SSSR count). The molecule has 0 unspecified atom stereocenters. The number of rotatable bonds is 5. The van der Waals surface area contributed by atoms with E-state index in [0.717, 1.165) is 17.0 Å². The second-order valence-corrected chi connectivity index (χ2v) is 4.42. The molecule has 0 spiro atoms. The van der Waals surface area contributed by atoms with Gasteiger partial charge < -0.3 is 14.2 Å². The third kappa shape index (κ3) is 2.78. The Hall–Kier alpha value is -2.40. The summed E-state index contributed by atoms with van der Waals surface area (Å²) in [5, 5.41) is 3.23. The number of hydrogen-bond donors (Lipinski definition) is 1. The van der Waals surface area contributed by atoms with Gasteiger partial charge in [0.05, 0.1) is 18.4 Å². The van der Waals surface area contributed by atoms with E-state index < -0.39 is 0 Å². The minimum absolute atomic E-state index is 0.569. The predicted octanol–water partition coefficient (Wildman–Crippen LogP) is 2.93. The molecule has 0 saturated heterocycles. The first kappa shape index (κ1) is 12.6. The van der Waals surface area contributed by atoms with Gasteiger partial charge in [0.1, 0.15) is 12.0 Å². The van der Waals surface area contributed by atoms with Crippen LogP contribution in [-0.4, -0.2) is 9.97 Å². The van der Waals surface area contributed by atoms with Crippen LogP contribution in [0.3, 0.4) is 0 Å². The fourth-order valence-electron chi connectivity index (χ4n) is 1.92. The van der Waals surface area contributed by atoms with E-state index in [1.165, 1.54) is 0 Å². The highest BCUT2D eigenvalue weighted by Crippen LogP contribution is 2.21. The SMILES string of the molecule is Cc1oc(-c2ccccc2)nc1CNCc1ncco1. The van der Waals surface area contributed by atoms with E-state index in [-0.39, 0.29) is 0 Å². The first-order valence-corrected chi connectivity index (χ1v) is 6.44. The summed E-state index contributed by atoms with van der Waals surface area (Å²) < 4.78 is 10.9. The molecule has 0 atom stereocenters. The molecule has 5 nitrogen and oxygen atoms in total. The summed E-state index contributed by atoms with van der Waals surface area (Å²) in [5.74, 6) is 2.13. The molecular weight excluding hydrogens is 254 g/mol. The number of oxazole rings is 2. The van der Waals surface area contributed by atoms with Crippen LogP contribution in [0.25, 0.3) is 11.5 Å². The Bertz CT molecular complexity index is 660. The molecule has 3 aromatic rings. The molecule has 0 aliphatic heterocycles. The molecule has 0 saturated carbocycles. The Morgan fingerprint density at radius 3 is 2.75 bits per heavy atom. The van der Waals surface area contributed by atoms with E-state index in [1.54, 1.807) is 12.5 Å². The maximum atomic E-state index is 5.70. The molecule has 2 heterocycles. The van der Waals surface area contributed by atoms with Gasteiger partial charge in [0.15, 0.2) is 0 Å². The number of aryl methyl sites for hydroxylation is 1. The monoisotopic (exact) mass is 269 g/mol. The normalized spacial score (nSPS) is 10.8. The van der Waals surface area contributed by atoms with Crippen LogP contribution in [0, 0.1) is 6.92 Å². The van der Waals surface area contributed by atoms with Crippen molar-refractivity contribution < 1.29 is 8.83 Å². The van der Waals surface area contributed by atoms with E-state index in [2.05, 4.69) is 15.3 Å². The topological polar surface area (TPSA) is 64.1 Å². The fraction of sp³-hybridized carbons (Fsp3) is 0.200. The van der Waals surface area contributed by atoms with Crippen molar-refractivity contribution >= 4 is 0 Å². The summed E-state index contributed by atoms with van der Waals surface area (Å²) in [6.45, 7) is 3.10. The lowest BCUT2D eigenvalue weighted by Crippen LogP contribution is -2.13. The van der Waals surface area contributed by atoms with Crippen molar-refractivity contribution in [2.75, 3.05) is 0 Å². The number of nitrogens with zero attached hydrogens (tertiary/aromatic N) is 2. The van der Waals surface area contributed by atoms with Crippen LogP contribution in [0.2, 0.25) is 0 Å². The Labute approximate surface area is 116 Å². The van der Waals surface area contributed by atoms with Gasteiger partial charge in [0.2, 0.25) is 11.8 Å². The first-order valence-electron chi connectivity index (χ1n) is 6.44. The number of hydrogen-bond acceptors (Lipinski definition) is 5. The van der Waals surface area contributed by atoms with Crippen molar-refractivity contribution in [3.63, 3.8) is 0 Å². The maximum Gasteiger partial charge on any atom is 0.226 e. The van der Waals surface area contributed by atoms with Crippen LogP contribution in [0.15, 0.2) is 51.6 Å². The van der Waals surface area contributed by atoms with Crippen LogP contribution >= 0.6 is 0 Å². The highest BCUT2D eigenvalue weighted by atomic mass is 16.4. The van der Waals surface area contributed by atoms with Crippen LogP contribution in [0.1, 0.15) is 17.3 Å². The minimum atomic E-state index is 0.569. The van der Waals surface area contributed by atoms with E-state index in [4.69, 9.17) is 8.83 Å². The van der Waals surface area contributed by atoms with Gasteiger partial charge in [-0.3, -0.25) is 0 Å². The first-order chi connectivity index (χ1) is 9.83. The molecule has 0 amide bonds. The van der Waals surface area contributed by atoms with E-state index >= 15 is 0 Å². The van der Waals surface area contributed by atoms with Gasteiger partial charge in [-0.25, -0.2) is 9.97 Å². The Morgan fingerprint density at radius 1 is 1.15 bits per heavy atom. The molecule has 2 aromatic heterocycles. The molecule has 5 heteroatoms. The highest BCUT2D eigenvalue weighted by molar-refractivity contribution is 5.53. The van der Waals surface area contributed by atoms with Crippen molar-refractivity contribution in [3.8, 4) is 11.5 Å². The minimum Gasteiger partial charge on any atom is -0.448 e. The number of nitrogens with one attached hydrogen (secondary N) is 1. The van der Waals surface area contributed by atoms with Gasteiger partial charge in [-0.15, -0.1) is 0 Å². The smallest absolute Gasteiger partial charge is 0.226 e. The summed E-state index contributed by atoms with van der Waals surface area (Å²) in [5.41, 5.74) is 1.88. The average molecular weight is 269 g/mol. The molecule has 0 aliphatic carbocycles. The molecular formula is C15H15N3O2. The second-order valence-electron chi connectivity index (χ2n) is 4.42.